The average Bonchev–Trinajstić information content (AvgIpc) is 4.12. The Balaban J connectivity index is 0.851. The number of fused-ring (bicyclic) bond motifs is 3. The summed E-state index contributed by atoms with van der Waals surface area (Å²) in [6.45, 7) is 13.4. The number of hydrogen-bond acceptors (Lipinski definition) is 14. The number of nitrogens with zero attached hydrogens (tertiary/aromatic N) is 6. The molecular formula is C52H61ClN10O8S2. The van der Waals surface area contributed by atoms with Gasteiger partial charge in [0.25, 0.3) is 0 Å². The number of thiophene rings is 1. The Morgan fingerprint density at radius 1 is 0.932 bits per heavy atom. The van der Waals surface area contributed by atoms with Crippen LogP contribution in [0.5, 0.6) is 0 Å². The van der Waals surface area contributed by atoms with Crippen LogP contribution in [0.25, 0.3) is 15.4 Å². The molecular weight excluding hydrogens is 992 g/mol. The number of aryl methyl sites for hydroxylation is 3. The van der Waals surface area contributed by atoms with E-state index in [1.54, 1.807) is 49.0 Å². The first-order valence-electron chi connectivity index (χ1n) is 23.9. The van der Waals surface area contributed by atoms with Gasteiger partial charge in [-0.25, -0.2) is 4.98 Å². The molecule has 0 saturated carbocycles. The standard InChI is InChI=1S/C52H61ClN10O8S2/c1-9-10-38(48(67)59-46(52(6,7)8)50(69)62-26-37(64)23-40(62)49(68)55-25-33-11-13-35(14-12-33)45-30(3)56-28-72-45)57-42(66)27-71-22-21-70-20-19-54-41(65)24-39-47-61-60-32(5)63(47)51-43(29(2)31(4)73-51)44(58-39)34-15-17-36(53)18-16-34/h1,11-18,28,37-40,46,64H,10,19-27H2,2-8H3,(H,54,65)(H,55,68)(H,57,66)(H,59,67)/t37-,38?,39+,40+,46-/m1/s1. The van der Waals surface area contributed by atoms with Crippen LogP contribution in [-0.4, -0.2) is 129 Å². The third-order valence-corrected chi connectivity index (χ3v) is 15.0. The Labute approximate surface area is 437 Å². The summed E-state index contributed by atoms with van der Waals surface area (Å²) in [7, 11) is 0. The third kappa shape index (κ3) is 13.3. The molecule has 0 spiro atoms. The van der Waals surface area contributed by atoms with Gasteiger partial charge in [-0.05, 0) is 61.9 Å². The number of hydrogen-bond donors (Lipinski definition) is 5. The average molecular weight is 1050 g/mol. The number of rotatable bonds is 20. The maximum Gasteiger partial charge on any atom is 0.246 e. The van der Waals surface area contributed by atoms with Gasteiger partial charge in [0.15, 0.2) is 5.82 Å². The number of halogens is 1. The van der Waals surface area contributed by atoms with Crippen LogP contribution >= 0.6 is 34.3 Å². The number of thiazole rings is 1. The summed E-state index contributed by atoms with van der Waals surface area (Å²) in [5.41, 5.74) is 7.43. The van der Waals surface area contributed by atoms with E-state index in [9.17, 15) is 29.1 Å². The highest BCUT2D eigenvalue weighted by Gasteiger charge is 2.45. The molecule has 7 rings (SSSR count). The molecule has 5 atom stereocenters. The number of aliphatic hydroxyl groups excluding tert-OH is 1. The van der Waals surface area contributed by atoms with Crippen LogP contribution < -0.4 is 21.3 Å². The predicted octanol–water partition coefficient (Wildman–Crippen LogP) is 5.09. The van der Waals surface area contributed by atoms with E-state index in [-0.39, 0.29) is 64.6 Å². The highest BCUT2D eigenvalue weighted by atomic mass is 35.5. The lowest BCUT2D eigenvalue weighted by atomic mass is 9.85. The number of β-amino-alcohol motifs (C(OH)–C–C–N with tert-alkyl or cyclic N) is 1. The molecule has 21 heteroatoms. The minimum Gasteiger partial charge on any atom is -0.391 e. The first-order valence-corrected chi connectivity index (χ1v) is 26.0. The Kier molecular flexibility index (Phi) is 18.0. The number of benzene rings is 2. The second-order valence-corrected chi connectivity index (χ2v) is 21.5. The predicted molar refractivity (Wildman–Crippen MR) is 280 cm³/mol. The molecule has 73 heavy (non-hydrogen) atoms. The Morgan fingerprint density at radius 2 is 1.64 bits per heavy atom. The topological polar surface area (TPSA) is 231 Å². The summed E-state index contributed by atoms with van der Waals surface area (Å²) in [4.78, 5) is 80.8. The maximum atomic E-state index is 14.2. The van der Waals surface area contributed by atoms with Crippen LogP contribution in [0.3, 0.4) is 0 Å². The van der Waals surface area contributed by atoms with E-state index in [0.717, 1.165) is 54.0 Å². The Hall–Kier alpha value is -6.34. The Morgan fingerprint density at radius 3 is 2.33 bits per heavy atom. The van der Waals surface area contributed by atoms with Crippen LogP contribution in [0.2, 0.25) is 5.02 Å². The number of carbonyl (C=O) groups is 5. The second-order valence-electron chi connectivity index (χ2n) is 19.0. The lowest BCUT2D eigenvalue weighted by Gasteiger charge is -2.36. The molecule has 2 aliphatic rings. The molecule has 5 amide bonds. The molecule has 0 aliphatic carbocycles. The van der Waals surface area contributed by atoms with Crippen molar-refractivity contribution < 1.29 is 38.6 Å². The Bertz CT molecular complexity index is 2880. The van der Waals surface area contributed by atoms with Crippen LogP contribution in [-0.2, 0) is 40.0 Å². The number of ether oxygens (including phenoxy) is 2. The van der Waals surface area contributed by atoms with E-state index in [4.69, 9.17) is 32.5 Å². The molecule has 0 radical (unpaired) electrons. The lowest BCUT2D eigenvalue weighted by Crippen LogP contribution is -2.60. The first-order chi connectivity index (χ1) is 34.8. The lowest BCUT2D eigenvalue weighted by molar-refractivity contribution is -0.144. The van der Waals surface area contributed by atoms with E-state index in [2.05, 4.69) is 56.2 Å². The zero-order valence-electron chi connectivity index (χ0n) is 41.9. The monoisotopic (exact) mass is 1050 g/mol. The summed E-state index contributed by atoms with van der Waals surface area (Å²) < 4.78 is 13.1. The minimum absolute atomic E-state index is 0.0141. The molecule has 5 heterocycles. The van der Waals surface area contributed by atoms with Crippen molar-refractivity contribution >= 4 is 69.5 Å². The summed E-state index contributed by atoms with van der Waals surface area (Å²) >= 11 is 9.41. The van der Waals surface area contributed by atoms with Crippen molar-refractivity contribution in [3.8, 4) is 27.8 Å². The van der Waals surface area contributed by atoms with Gasteiger partial charge in [-0.15, -0.1) is 45.2 Å². The molecule has 386 valence electrons. The fourth-order valence-corrected chi connectivity index (χ4v) is 10.8. The molecule has 2 aliphatic heterocycles. The van der Waals surface area contributed by atoms with Gasteiger partial charge in [0, 0.05) is 53.5 Å². The highest BCUT2D eigenvalue weighted by molar-refractivity contribution is 7.15. The van der Waals surface area contributed by atoms with Crippen LogP contribution in [0, 0.1) is 45.5 Å². The fourth-order valence-electron chi connectivity index (χ4n) is 8.61. The third-order valence-electron chi connectivity index (χ3n) is 12.6. The van der Waals surface area contributed by atoms with Gasteiger partial charge in [-0.3, -0.25) is 33.5 Å². The summed E-state index contributed by atoms with van der Waals surface area (Å²) in [6.07, 6.45) is 4.50. The zero-order chi connectivity index (χ0) is 52.6. The molecule has 3 aromatic heterocycles. The van der Waals surface area contributed by atoms with Gasteiger partial charge in [-0.1, -0.05) is 68.8 Å². The summed E-state index contributed by atoms with van der Waals surface area (Å²) in [6, 6.07) is 11.3. The van der Waals surface area contributed by atoms with Crippen LogP contribution in [0.1, 0.15) is 90.5 Å². The first kappa shape index (κ1) is 54.4. The van der Waals surface area contributed by atoms with Gasteiger partial charge in [-0.2, -0.15) is 0 Å². The summed E-state index contributed by atoms with van der Waals surface area (Å²) in [5, 5.41) is 32.2. The van der Waals surface area contributed by atoms with Crippen molar-refractivity contribution in [1.82, 2.24) is 45.9 Å². The largest absolute Gasteiger partial charge is 0.391 e. The second kappa shape index (κ2) is 24.1. The molecule has 1 fully saturated rings. The van der Waals surface area contributed by atoms with E-state index < -0.39 is 65.9 Å². The molecule has 0 bridgehead atoms. The number of nitrogens with one attached hydrogen (secondary N) is 4. The molecule has 2 aromatic carbocycles. The normalized spacial score (nSPS) is 17.1. The van der Waals surface area contributed by atoms with Crippen LogP contribution in [0.4, 0.5) is 0 Å². The smallest absolute Gasteiger partial charge is 0.246 e. The summed E-state index contributed by atoms with van der Waals surface area (Å²) in [5.74, 6) is 1.09. The number of likely N-dealkylation sites (tertiary alicyclic amines) is 1. The number of aliphatic hydroxyl groups is 1. The van der Waals surface area contributed by atoms with Crippen LogP contribution in [0.15, 0.2) is 59.0 Å². The molecule has 18 nitrogen and oxygen atoms in total. The fraction of sp³-hybridized carbons (Fsp3) is 0.442. The van der Waals surface area contributed by atoms with Crippen molar-refractivity contribution in [2.75, 3.05) is 39.5 Å². The van der Waals surface area contributed by atoms with E-state index in [1.165, 1.54) is 4.90 Å². The molecule has 1 unspecified atom stereocenters. The number of terminal acetylenes is 1. The maximum absolute atomic E-state index is 14.2. The minimum atomic E-state index is -1.21. The highest BCUT2D eigenvalue weighted by Crippen LogP contribution is 2.40. The number of aliphatic imine (C=N–C) groups is 1. The molecule has 5 N–H and O–H groups in total. The zero-order valence-corrected chi connectivity index (χ0v) is 44.3. The quantitative estimate of drug-likeness (QED) is 0.0509. The van der Waals surface area contributed by atoms with Crippen molar-refractivity contribution in [3.63, 3.8) is 0 Å². The van der Waals surface area contributed by atoms with Crippen molar-refractivity contribution in [2.24, 2.45) is 10.4 Å². The van der Waals surface area contributed by atoms with Gasteiger partial charge >= 0.3 is 0 Å². The van der Waals surface area contributed by atoms with Gasteiger partial charge in [0.2, 0.25) is 29.5 Å². The molecule has 1 saturated heterocycles. The van der Waals surface area contributed by atoms with Crippen molar-refractivity contribution in [1.29, 1.82) is 0 Å². The van der Waals surface area contributed by atoms with Gasteiger partial charge in [0.05, 0.1) is 54.1 Å². The van der Waals surface area contributed by atoms with Crippen molar-refractivity contribution in [3.05, 3.63) is 104 Å². The number of amides is 5. The van der Waals surface area contributed by atoms with Gasteiger partial charge in [0.1, 0.15) is 41.6 Å². The van der Waals surface area contributed by atoms with E-state index in [1.807, 2.05) is 66.9 Å². The van der Waals surface area contributed by atoms with E-state index >= 15 is 0 Å². The van der Waals surface area contributed by atoms with E-state index in [0.29, 0.717) is 16.7 Å². The molecule has 5 aromatic rings. The SMILES string of the molecule is C#CCC(NC(=O)COCCOCCNC(=O)C[C@@H]1N=C(c2ccc(Cl)cc2)c2c(sc(C)c2C)-n2c(C)nnc21)C(=O)N[C@H](C(=O)N1C[C@H](O)C[C@H]1C(=O)NCc1ccc(-c2scnc2C)cc1)C(C)(C)C. The van der Waals surface area contributed by atoms with Crippen molar-refractivity contribution in [2.45, 2.75) is 105 Å². The van der Waals surface area contributed by atoms with Gasteiger partial charge < -0.3 is 40.7 Å². The number of carbonyl (C=O) groups excluding carboxylic acids is 5. The number of aromatic nitrogens is 4.